The lowest BCUT2D eigenvalue weighted by Crippen LogP contribution is -2.34. The second kappa shape index (κ2) is 10.7. The Morgan fingerprint density at radius 1 is 0.567 bits per heavy atom. The molecule has 4 heteroatoms. The van der Waals surface area contributed by atoms with Crippen molar-refractivity contribution in [3.05, 3.63) is 108 Å². The predicted molar refractivity (Wildman–Crippen MR) is 125 cm³/mol. The molecule has 158 valence electrons. The minimum atomic E-state index is -1.50. The summed E-state index contributed by atoms with van der Waals surface area (Å²) in [6, 6.07) is 31.2. The summed E-state index contributed by atoms with van der Waals surface area (Å²) in [4.78, 5) is 0. The van der Waals surface area contributed by atoms with E-state index in [1.165, 1.54) is 0 Å². The molecule has 0 N–H and O–H groups in total. The molecule has 3 aromatic carbocycles. The lowest BCUT2D eigenvalue weighted by molar-refractivity contribution is -0.0274. The van der Waals surface area contributed by atoms with Crippen molar-refractivity contribution in [2.24, 2.45) is 0 Å². The van der Waals surface area contributed by atoms with Gasteiger partial charge in [0.05, 0.1) is 26.4 Å². The van der Waals surface area contributed by atoms with Crippen molar-refractivity contribution in [2.45, 2.75) is 25.2 Å². The van der Waals surface area contributed by atoms with E-state index in [1.807, 2.05) is 18.2 Å². The van der Waals surface area contributed by atoms with Gasteiger partial charge >= 0.3 is 0 Å². The lowest BCUT2D eigenvalue weighted by atomic mass is 9.80. The van der Waals surface area contributed by atoms with E-state index in [0.29, 0.717) is 26.4 Å². The molecule has 0 aliphatic heterocycles. The third kappa shape index (κ3) is 5.89. The van der Waals surface area contributed by atoms with Gasteiger partial charge in [-0.2, -0.15) is 0 Å². The molecule has 3 aromatic rings. The van der Waals surface area contributed by atoms with Crippen molar-refractivity contribution >= 4 is 8.32 Å². The maximum absolute atomic E-state index is 6.68. The van der Waals surface area contributed by atoms with Crippen LogP contribution in [0.1, 0.15) is 16.7 Å². The highest BCUT2D eigenvalue weighted by Crippen LogP contribution is 2.40. The topological polar surface area (TPSA) is 27.7 Å². The number of ether oxygens (including phenoxy) is 2. The summed E-state index contributed by atoms with van der Waals surface area (Å²) in [6.45, 7) is 8.77. The van der Waals surface area contributed by atoms with E-state index in [1.54, 1.807) is 0 Å². The van der Waals surface area contributed by atoms with Crippen LogP contribution in [-0.2, 0) is 19.5 Å². The highest BCUT2D eigenvalue weighted by molar-refractivity contribution is 6.69. The summed E-state index contributed by atoms with van der Waals surface area (Å²) in [5, 5.41) is 0. The maximum atomic E-state index is 6.68. The second-order valence-corrected chi connectivity index (χ2v) is 12.7. The highest BCUT2D eigenvalue weighted by atomic mass is 28.4. The van der Waals surface area contributed by atoms with Crippen LogP contribution in [0.4, 0.5) is 0 Å². The molecule has 0 spiro atoms. The summed E-state index contributed by atoms with van der Waals surface area (Å²) in [5.74, 6) is 0. The number of hydrogen-bond acceptors (Lipinski definition) is 3. The number of hydrogen-bond donors (Lipinski definition) is 0. The second-order valence-electron chi connectivity index (χ2n) is 8.20. The predicted octanol–water partition coefficient (Wildman–Crippen LogP) is 5.86. The molecular weight excluding hydrogens is 388 g/mol. The maximum Gasteiger partial charge on any atom is 0.183 e. The molecular formula is C26H32O3Si. The van der Waals surface area contributed by atoms with Crippen LogP contribution in [0.3, 0.4) is 0 Å². The molecule has 0 saturated carbocycles. The molecule has 0 aromatic heterocycles. The first-order chi connectivity index (χ1) is 14.5. The molecule has 0 amide bonds. The molecule has 0 heterocycles. The Labute approximate surface area is 181 Å². The monoisotopic (exact) mass is 420 g/mol. The van der Waals surface area contributed by atoms with Gasteiger partial charge in [-0.25, -0.2) is 0 Å². The largest absolute Gasteiger partial charge is 0.415 e. The average molecular weight is 421 g/mol. The van der Waals surface area contributed by atoms with Gasteiger partial charge in [-0.1, -0.05) is 91.0 Å². The first-order valence-corrected chi connectivity index (χ1v) is 14.0. The van der Waals surface area contributed by atoms with Crippen LogP contribution in [0, 0.1) is 0 Å². The van der Waals surface area contributed by atoms with Crippen LogP contribution in [0.25, 0.3) is 0 Å². The Morgan fingerprint density at radius 3 is 1.37 bits per heavy atom. The van der Waals surface area contributed by atoms with Crippen molar-refractivity contribution in [3.63, 3.8) is 0 Å². The minimum Gasteiger partial charge on any atom is -0.415 e. The van der Waals surface area contributed by atoms with Crippen LogP contribution in [0.15, 0.2) is 91.0 Å². The molecule has 0 atom stereocenters. The minimum absolute atomic E-state index is 0.478. The van der Waals surface area contributed by atoms with Crippen molar-refractivity contribution in [2.75, 3.05) is 26.4 Å². The summed E-state index contributed by atoms with van der Waals surface area (Å²) in [5.41, 5.74) is 2.61. The van der Waals surface area contributed by atoms with E-state index in [-0.39, 0.29) is 0 Å². The van der Waals surface area contributed by atoms with Gasteiger partial charge in [0.2, 0.25) is 0 Å². The van der Waals surface area contributed by atoms with E-state index in [2.05, 4.69) is 92.4 Å². The normalized spacial score (nSPS) is 12.1. The van der Waals surface area contributed by atoms with Crippen molar-refractivity contribution in [1.82, 2.24) is 0 Å². The van der Waals surface area contributed by atoms with E-state index >= 15 is 0 Å². The Morgan fingerprint density at radius 2 is 0.967 bits per heavy atom. The Hall–Kier alpha value is -2.24. The number of rotatable bonds is 11. The fourth-order valence-corrected chi connectivity index (χ4v) is 4.23. The Balaban J connectivity index is 1.81. The summed E-state index contributed by atoms with van der Waals surface area (Å²) in [6.07, 6.45) is 0. The molecule has 30 heavy (non-hydrogen) atoms. The molecule has 0 bridgehead atoms. The summed E-state index contributed by atoms with van der Waals surface area (Å²) >= 11 is 0. The molecule has 0 fully saturated rings. The average Bonchev–Trinajstić information content (AvgIpc) is 2.77. The van der Waals surface area contributed by atoms with Crippen molar-refractivity contribution < 1.29 is 13.9 Å². The van der Waals surface area contributed by atoms with E-state index in [9.17, 15) is 0 Å². The van der Waals surface area contributed by atoms with E-state index in [0.717, 1.165) is 16.7 Å². The molecule has 0 unspecified atom stereocenters. The van der Waals surface area contributed by atoms with Crippen molar-refractivity contribution in [3.8, 4) is 0 Å². The van der Waals surface area contributed by atoms with Gasteiger partial charge in [0.25, 0.3) is 0 Å². The van der Waals surface area contributed by atoms with Gasteiger partial charge in [0, 0.05) is 0 Å². The van der Waals surface area contributed by atoms with Crippen LogP contribution < -0.4 is 0 Å². The van der Waals surface area contributed by atoms with E-state index < -0.39 is 13.9 Å². The van der Waals surface area contributed by atoms with Gasteiger partial charge in [-0.05, 0) is 36.3 Å². The van der Waals surface area contributed by atoms with Gasteiger partial charge in [0.15, 0.2) is 8.32 Å². The quantitative estimate of drug-likeness (QED) is 0.221. The first kappa shape index (κ1) is 22.4. The van der Waals surface area contributed by atoms with Gasteiger partial charge in [-0.15, -0.1) is 0 Å². The zero-order valence-electron chi connectivity index (χ0n) is 18.2. The molecule has 0 aliphatic rings. The molecule has 3 rings (SSSR count). The Kier molecular flexibility index (Phi) is 7.99. The molecule has 0 aliphatic carbocycles. The van der Waals surface area contributed by atoms with Crippen LogP contribution in [0.2, 0.25) is 19.6 Å². The first-order valence-electron chi connectivity index (χ1n) is 10.5. The van der Waals surface area contributed by atoms with Gasteiger partial charge < -0.3 is 13.9 Å². The molecule has 0 radical (unpaired) electrons. The standard InChI is InChI=1S/C26H32O3Si/c1-30(2,3)29-22-20-27-19-21-28-26(23-13-7-4-8-14-23,24-15-9-5-10-16-24)25-17-11-6-12-18-25/h4-18H,19-22H2,1-3H3. The molecule has 0 saturated heterocycles. The molecule has 3 nitrogen and oxygen atoms in total. The fourth-order valence-electron chi connectivity index (χ4n) is 3.53. The third-order valence-corrected chi connectivity index (χ3v) is 5.92. The van der Waals surface area contributed by atoms with Gasteiger partial charge in [0.1, 0.15) is 5.60 Å². The smallest absolute Gasteiger partial charge is 0.183 e. The highest BCUT2D eigenvalue weighted by Gasteiger charge is 2.37. The zero-order valence-corrected chi connectivity index (χ0v) is 19.2. The van der Waals surface area contributed by atoms with Crippen LogP contribution in [-0.4, -0.2) is 34.7 Å². The van der Waals surface area contributed by atoms with Gasteiger partial charge in [-0.3, -0.25) is 0 Å². The van der Waals surface area contributed by atoms with E-state index in [4.69, 9.17) is 13.9 Å². The summed E-state index contributed by atoms with van der Waals surface area (Å²) < 4.78 is 18.3. The number of benzene rings is 3. The Bertz CT molecular complexity index is 764. The van der Waals surface area contributed by atoms with Crippen LogP contribution >= 0.6 is 0 Å². The fraction of sp³-hybridized carbons (Fsp3) is 0.308. The third-order valence-electron chi connectivity index (χ3n) is 4.85. The summed E-state index contributed by atoms with van der Waals surface area (Å²) in [7, 11) is -1.50. The lowest BCUT2D eigenvalue weighted by Gasteiger charge is -2.36. The van der Waals surface area contributed by atoms with Crippen LogP contribution in [0.5, 0.6) is 0 Å². The zero-order chi connectivity index (χ0) is 21.3. The van der Waals surface area contributed by atoms with Crippen molar-refractivity contribution in [1.29, 1.82) is 0 Å². The SMILES string of the molecule is C[Si](C)(C)OCCOCCOC(c1ccccc1)(c1ccccc1)c1ccccc1.